The number of aryl methyl sites for hydroxylation is 1. The molecule has 26 heavy (non-hydrogen) atoms. The first kappa shape index (κ1) is 19.4. The number of esters is 1. The van der Waals surface area contributed by atoms with Crippen molar-refractivity contribution in [1.82, 2.24) is 25.2 Å². The van der Waals surface area contributed by atoms with Crippen molar-refractivity contribution in [2.75, 3.05) is 13.7 Å². The molecule has 0 aliphatic carbocycles. The van der Waals surface area contributed by atoms with E-state index in [0.717, 1.165) is 17.1 Å². The third kappa shape index (κ3) is 4.81. The lowest BCUT2D eigenvalue weighted by Gasteiger charge is -2.20. The molecule has 2 N–H and O–H groups in total. The molecule has 0 aliphatic rings. The van der Waals surface area contributed by atoms with E-state index in [4.69, 9.17) is 4.74 Å². The van der Waals surface area contributed by atoms with Gasteiger partial charge in [-0.2, -0.15) is 0 Å². The molecule has 0 saturated heterocycles. The smallest absolute Gasteiger partial charge is 0.328 e. The Hall–Kier alpha value is -2.90. The summed E-state index contributed by atoms with van der Waals surface area (Å²) in [6, 6.07) is 2.70. The number of pyridine rings is 1. The van der Waals surface area contributed by atoms with E-state index in [1.54, 1.807) is 18.6 Å². The SMILES string of the molecule is COC(=O)C(NC(=O)NCCn1c(C)cnc1-c1ccncc1)C(C)C. The van der Waals surface area contributed by atoms with Gasteiger partial charge in [0.15, 0.2) is 0 Å². The van der Waals surface area contributed by atoms with Crippen molar-refractivity contribution in [3.63, 3.8) is 0 Å². The van der Waals surface area contributed by atoms with Crippen LogP contribution in [0.3, 0.4) is 0 Å². The zero-order valence-electron chi connectivity index (χ0n) is 15.5. The van der Waals surface area contributed by atoms with E-state index in [1.165, 1.54) is 7.11 Å². The molecule has 2 rings (SSSR count). The number of hydrogen-bond acceptors (Lipinski definition) is 5. The highest BCUT2D eigenvalue weighted by Gasteiger charge is 2.24. The van der Waals surface area contributed by atoms with Crippen LogP contribution in [-0.4, -0.2) is 46.2 Å². The molecule has 1 atom stereocenters. The second-order valence-corrected chi connectivity index (χ2v) is 6.26. The Balaban J connectivity index is 1.95. The molecule has 0 saturated carbocycles. The standard InChI is InChI=1S/C18H25N5O3/c1-12(2)15(17(24)26-4)22-18(25)20-9-10-23-13(3)11-21-16(23)14-5-7-19-8-6-14/h5-8,11-12,15H,9-10H2,1-4H3,(H2,20,22,25). The van der Waals surface area contributed by atoms with Gasteiger partial charge in [-0.25, -0.2) is 14.6 Å². The molecule has 2 amide bonds. The molecule has 2 aromatic heterocycles. The summed E-state index contributed by atoms with van der Waals surface area (Å²) < 4.78 is 6.74. The van der Waals surface area contributed by atoms with E-state index in [9.17, 15) is 9.59 Å². The van der Waals surface area contributed by atoms with Crippen molar-refractivity contribution in [1.29, 1.82) is 0 Å². The molecular weight excluding hydrogens is 334 g/mol. The Bertz CT molecular complexity index is 743. The Morgan fingerprint density at radius 3 is 2.58 bits per heavy atom. The van der Waals surface area contributed by atoms with Gasteiger partial charge in [-0.3, -0.25) is 4.98 Å². The first-order valence-electron chi connectivity index (χ1n) is 8.48. The number of imidazole rings is 1. The molecule has 0 aromatic carbocycles. The highest BCUT2D eigenvalue weighted by atomic mass is 16.5. The molecule has 1 unspecified atom stereocenters. The summed E-state index contributed by atoms with van der Waals surface area (Å²) in [6.45, 7) is 6.60. The number of nitrogens with zero attached hydrogens (tertiary/aromatic N) is 3. The number of amides is 2. The first-order chi connectivity index (χ1) is 12.4. The number of ether oxygens (including phenoxy) is 1. The molecule has 2 aromatic rings. The Kier molecular flexibility index (Phi) is 6.71. The number of carbonyl (C=O) groups excluding carboxylic acids is 2. The number of aromatic nitrogens is 3. The van der Waals surface area contributed by atoms with Crippen molar-refractivity contribution in [3.05, 3.63) is 36.4 Å². The number of hydrogen-bond donors (Lipinski definition) is 2. The van der Waals surface area contributed by atoms with Crippen LogP contribution in [0.1, 0.15) is 19.5 Å². The molecule has 0 spiro atoms. The largest absolute Gasteiger partial charge is 0.467 e. The van der Waals surface area contributed by atoms with Gasteiger partial charge in [0.05, 0.1) is 7.11 Å². The van der Waals surface area contributed by atoms with Gasteiger partial charge in [-0.15, -0.1) is 0 Å². The Morgan fingerprint density at radius 2 is 1.96 bits per heavy atom. The molecule has 8 nitrogen and oxygen atoms in total. The number of urea groups is 1. The van der Waals surface area contributed by atoms with Crippen molar-refractivity contribution in [3.8, 4) is 11.4 Å². The zero-order chi connectivity index (χ0) is 19.1. The van der Waals surface area contributed by atoms with Gasteiger partial charge < -0.3 is 19.9 Å². The molecule has 0 radical (unpaired) electrons. The summed E-state index contributed by atoms with van der Waals surface area (Å²) in [5, 5.41) is 5.42. The van der Waals surface area contributed by atoms with Crippen LogP contribution in [0.15, 0.2) is 30.7 Å². The predicted molar refractivity (Wildman–Crippen MR) is 97.4 cm³/mol. The second kappa shape index (κ2) is 8.98. The fraction of sp³-hybridized carbons (Fsp3) is 0.444. The van der Waals surface area contributed by atoms with Crippen molar-refractivity contribution >= 4 is 12.0 Å². The minimum atomic E-state index is -0.678. The molecule has 2 heterocycles. The number of rotatable bonds is 7. The quantitative estimate of drug-likeness (QED) is 0.734. The molecule has 0 fully saturated rings. The van der Waals surface area contributed by atoms with Crippen molar-refractivity contribution in [2.45, 2.75) is 33.4 Å². The van der Waals surface area contributed by atoms with E-state index in [1.807, 2.05) is 37.5 Å². The summed E-state index contributed by atoms with van der Waals surface area (Å²) in [5.74, 6) is 0.296. The molecular formula is C18H25N5O3. The first-order valence-corrected chi connectivity index (χ1v) is 8.48. The molecule has 8 heteroatoms. The van der Waals surface area contributed by atoms with Crippen LogP contribution < -0.4 is 10.6 Å². The summed E-state index contributed by atoms with van der Waals surface area (Å²) in [5.41, 5.74) is 1.96. The topological polar surface area (TPSA) is 98.1 Å². The summed E-state index contributed by atoms with van der Waals surface area (Å²) in [6.07, 6.45) is 5.23. The molecule has 0 bridgehead atoms. The van der Waals surface area contributed by atoms with Gasteiger partial charge >= 0.3 is 12.0 Å². The minimum absolute atomic E-state index is 0.0672. The van der Waals surface area contributed by atoms with E-state index < -0.39 is 18.0 Å². The maximum absolute atomic E-state index is 12.1. The number of carbonyl (C=O) groups is 2. The van der Waals surface area contributed by atoms with Gasteiger partial charge in [0.25, 0.3) is 0 Å². The monoisotopic (exact) mass is 359 g/mol. The lowest BCUT2D eigenvalue weighted by molar-refractivity contribution is -0.143. The summed E-state index contributed by atoms with van der Waals surface area (Å²) in [4.78, 5) is 32.2. The van der Waals surface area contributed by atoms with Crippen LogP contribution in [0.25, 0.3) is 11.4 Å². The van der Waals surface area contributed by atoms with Crippen molar-refractivity contribution in [2.24, 2.45) is 5.92 Å². The summed E-state index contributed by atoms with van der Waals surface area (Å²) >= 11 is 0. The normalized spacial score (nSPS) is 11.9. The average Bonchev–Trinajstić information content (AvgIpc) is 3.00. The van der Waals surface area contributed by atoms with Gasteiger partial charge in [-0.05, 0) is 25.0 Å². The third-order valence-corrected chi connectivity index (χ3v) is 4.02. The van der Waals surface area contributed by atoms with Crippen LogP contribution in [0.5, 0.6) is 0 Å². The van der Waals surface area contributed by atoms with Crippen LogP contribution >= 0.6 is 0 Å². The predicted octanol–water partition coefficient (Wildman–Crippen LogP) is 1.75. The van der Waals surface area contributed by atoms with E-state index in [-0.39, 0.29) is 5.92 Å². The zero-order valence-corrected chi connectivity index (χ0v) is 15.5. The lowest BCUT2D eigenvalue weighted by atomic mass is 10.1. The number of methoxy groups -OCH3 is 1. The summed E-state index contributed by atoms with van der Waals surface area (Å²) in [7, 11) is 1.31. The molecule has 140 valence electrons. The maximum atomic E-state index is 12.1. The lowest BCUT2D eigenvalue weighted by Crippen LogP contribution is -2.49. The number of nitrogens with one attached hydrogen (secondary N) is 2. The van der Waals surface area contributed by atoms with Crippen LogP contribution in [-0.2, 0) is 16.1 Å². The highest BCUT2D eigenvalue weighted by Crippen LogP contribution is 2.18. The van der Waals surface area contributed by atoms with Gasteiger partial charge in [0, 0.05) is 42.9 Å². The average molecular weight is 359 g/mol. The van der Waals surface area contributed by atoms with Crippen LogP contribution in [0.4, 0.5) is 4.79 Å². The maximum Gasteiger partial charge on any atom is 0.328 e. The van der Waals surface area contributed by atoms with E-state index in [0.29, 0.717) is 13.1 Å². The van der Waals surface area contributed by atoms with E-state index >= 15 is 0 Å². The highest BCUT2D eigenvalue weighted by molar-refractivity contribution is 5.83. The fourth-order valence-corrected chi connectivity index (χ4v) is 2.57. The van der Waals surface area contributed by atoms with Crippen LogP contribution in [0.2, 0.25) is 0 Å². The second-order valence-electron chi connectivity index (χ2n) is 6.26. The van der Waals surface area contributed by atoms with Crippen molar-refractivity contribution < 1.29 is 14.3 Å². The fourth-order valence-electron chi connectivity index (χ4n) is 2.57. The molecule has 0 aliphatic heterocycles. The van der Waals surface area contributed by atoms with Gasteiger partial charge in [-0.1, -0.05) is 13.8 Å². The Labute approximate surface area is 153 Å². The minimum Gasteiger partial charge on any atom is -0.467 e. The third-order valence-electron chi connectivity index (χ3n) is 4.02. The Morgan fingerprint density at radius 1 is 1.27 bits per heavy atom. The van der Waals surface area contributed by atoms with E-state index in [2.05, 4.69) is 20.6 Å². The van der Waals surface area contributed by atoms with Crippen LogP contribution in [0, 0.1) is 12.8 Å². The van der Waals surface area contributed by atoms with Gasteiger partial charge in [0.1, 0.15) is 11.9 Å². The van der Waals surface area contributed by atoms with Gasteiger partial charge in [0.2, 0.25) is 0 Å².